The van der Waals surface area contributed by atoms with E-state index < -0.39 is 0 Å². The molecule has 0 atom stereocenters. The van der Waals surface area contributed by atoms with E-state index >= 15 is 0 Å². The summed E-state index contributed by atoms with van der Waals surface area (Å²) in [6.45, 7) is 9.64. The highest BCUT2D eigenvalue weighted by Crippen LogP contribution is 2.12. The first-order chi connectivity index (χ1) is 7.88. The number of hydrogen-bond donors (Lipinski definition) is 1. The average Bonchev–Trinajstić information content (AvgIpc) is 2.38. The van der Waals surface area contributed by atoms with Gasteiger partial charge in [0, 0.05) is 59.5 Å². The Balaban J connectivity index is 1.59. The predicted octanol–water partition coefficient (Wildman–Crippen LogP) is 0.00240. The fourth-order valence-corrected chi connectivity index (χ4v) is 2.59. The second kappa shape index (κ2) is 6.55. The lowest BCUT2D eigenvalue weighted by molar-refractivity contribution is 0.0379. The van der Waals surface area contributed by atoms with Crippen molar-refractivity contribution in [3.8, 4) is 0 Å². The molecule has 0 aliphatic carbocycles. The zero-order valence-corrected chi connectivity index (χ0v) is 10.5. The summed E-state index contributed by atoms with van der Waals surface area (Å²) in [4.78, 5) is 5.15. The molecular formula is C12H25N3O. The monoisotopic (exact) mass is 227 g/mol. The van der Waals surface area contributed by atoms with E-state index in [1.54, 1.807) is 0 Å². The first-order valence-electron chi connectivity index (χ1n) is 6.56. The first-order valence-corrected chi connectivity index (χ1v) is 6.56. The summed E-state index contributed by atoms with van der Waals surface area (Å²) in [6, 6.07) is 0. The summed E-state index contributed by atoms with van der Waals surface area (Å²) in [5, 5.41) is 3.39. The molecule has 94 valence electrons. The van der Waals surface area contributed by atoms with Gasteiger partial charge < -0.3 is 15.0 Å². The van der Waals surface area contributed by atoms with E-state index in [9.17, 15) is 0 Å². The van der Waals surface area contributed by atoms with Gasteiger partial charge in [-0.2, -0.15) is 0 Å². The number of ether oxygens (including phenoxy) is 1. The van der Waals surface area contributed by atoms with Crippen molar-refractivity contribution in [3.63, 3.8) is 0 Å². The molecule has 4 nitrogen and oxygen atoms in total. The maximum Gasteiger partial charge on any atom is 0.0595 e. The molecule has 0 unspecified atom stereocenters. The lowest BCUT2D eigenvalue weighted by atomic mass is 10.1. The number of nitrogens with one attached hydrogen (secondary N) is 1. The van der Waals surface area contributed by atoms with E-state index in [1.807, 2.05) is 7.11 Å². The Morgan fingerprint density at radius 1 is 1.00 bits per heavy atom. The van der Waals surface area contributed by atoms with Crippen molar-refractivity contribution in [3.05, 3.63) is 0 Å². The molecule has 0 radical (unpaired) electrons. The van der Waals surface area contributed by atoms with E-state index in [0.29, 0.717) is 6.10 Å². The van der Waals surface area contributed by atoms with Crippen molar-refractivity contribution in [2.75, 3.05) is 59.5 Å². The van der Waals surface area contributed by atoms with Crippen LogP contribution in [0.25, 0.3) is 0 Å². The van der Waals surface area contributed by atoms with Crippen LogP contribution >= 0.6 is 0 Å². The van der Waals surface area contributed by atoms with Crippen molar-refractivity contribution in [1.82, 2.24) is 15.1 Å². The van der Waals surface area contributed by atoms with E-state index in [4.69, 9.17) is 4.74 Å². The van der Waals surface area contributed by atoms with Gasteiger partial charge in [-0.05, 0) is 12.8 Å². The molecule has 16 heavy (non-hydrogen) atoms. The Kier molecular flexibility index (Phi) is 5.03. The lowest BCUT2D eigenvalue weighted by Crippen LogP contribution is -2.47. The molecule has 1 N–H and O–H groups in total. The van der Waals surface area contributed by atoms with Crippen LogP contribution in [0, 0.1) is 0 Å². The van der Waals surface area contributed by atoms with E-state index in [-0.39, 0.29) is 0 Å². The summed E-state index contributed by atoms with van der Waals surface area (Å²) in [5.74, 6) is 0. The summed E-state index contributed by atoms with van der Waals surface area (Å²) in [6.07, 6.45) is 2.92. The zero-order chi connectivity index (χ0) is 11.2. The largest absolute Gasteiger partial charge is 0.381 e. The minimum atomic E-state index is 0.510. The van der Waals surface area contributed by atoms with Crippen molar-refractivity contribution in [2.24, 2.45) is 0 Å². The molecule has 0 saturated carbocycles. The summed E-state index contributed by atoms with van der Waals surface area (Å²) in [7, 11) is 1.83. The Bertz CT molecular complexity index is 187. The molecule has 0 spiro atoms. The molecule has 2 fully saturated rings. The number of piperidine rings is 1. The molecule has 2 rings (SSSR count). The van der Waals surface area contributed by atoms with Crippen LogP contribution in [-0.2, 0) is 4.74 Å². The van der Waals surface area contributed by atoms with Gasteiger partial charge in [0.05, 0.1) is 6.10 Å². The molecule has 0 aromatic carbocycles. The average molecular weight is 227 g/mol. The molecular weight excluding hydrogens is 202 g/mol. The smallest absolute Gasteiger partial charge is 0.0595 e. The molecule has 2 heterocycles. The topological polar surface area (TPSA) is 27.7 Å². The number of hydrogen-bond acceptors (Lipinski definition) is 4. The van der Waals surface area contributed by atoms with Gasteiger partial charge in [-0.25, -0.2) is 0 Å². The number of piperazine rings is 1. The maximum atomic E-state index is 5.39. The summed E-state index contributed by atoms with van der Waals surface area (Å²) < 4.78 is 5.39. The first kappa shape index (κ1) is 12.3. The van der Waals surface area contributed by atoms with Crippen LogP contribution in [0.1, 0.15) is 12.8 Å². The summed E-state index contributed by atoms with van der Waals surface area (Å²) >= 11 is 0. The van der Waals surface area contributed by atoms with Gasteiger partial charge in [-0.1, -0.05) is 0 Å². The van der Waals surface area contributed by atoms with Gasteiger partial charge in [-0.15, -0.1) is 0 Å². The second-order valence-electron chi connectivity index (χ2n) is 4.87. The Morgan fingerprint density at radius 2 is 1.56 bits per heavy atom. The Morgan fingerprint density at radius 3 is 2.12 bits per heavy atom. The number of likely N-dealkylation sites (tertiary alicyclic amines) is 1. The maximum absolute atomic E-state index is 5.39. The van der Waals surface area contributed by atoms with Crippen molar-refractivity contribution >= 4 is 0 Å². The minimum absolute atomic E-state index is 0.510. The highest BCUT2D eigenvalue weighted by Gasteiger charge is 2.19. The summed E-state index contributed by atoms with van der Waals surface area (Å²) in [5.41, 5.74) is 0. The standard InChI is InChI=1S/C12H25N3O/c1-16-12-2-6-14(7-3-12)10-11-15-8-4-13-5-9-15/h12-13H,2-11H2,1H3. The van der Waals surface area contributed by atoms with Crippen LogP contribution in [0.5, 0.6) is 0 Å². The fraction of sp³-hybridized carbons (Fsp3) is 1.00. The lowest BCUT2D eigenvalue weighted by Gasteiger charge is -2.34. The third-order valence-electron chi connectivity index (χ3n) is 3.81. The van der Waals surface area contributed by atoms with Crippen LogP contribution < -0.4 is 5.32 Å². The number of nitrogens with zero attached hydrogens (tertiary/aromatic N) is 2. The van der Waals surface area contributed by atoms with Crippen LogP contribution in [0.2, 0.25) is 0 Å². The Hall–Kier alpha value is -0.160. The van der Waals surface area contributed by atoms with Crippen LogP contribution in [0.4, 0.5) is 0 Å². The number of rotatable bonds is 4. The van der Waals surface area contributed by atoms with Gasteiger partial charge in [0.15, 0.2) is 0 Å². The SMILES string of the molecule is COC1CCN(CCN2CCNCC2)CC1. The molecule has 2 aliphatic rings. The minimum Gasteiger partial charge on any atom is -0.381 e. The normalized spacial score (nSPS) is 26.1. The molecule has 2 aliphatic heterocycles. The van der Waals surface area contributed by atoms with Crippen molar-refractivity contribution in [1.29, 1.82) is 0 Å². The van der Waals surface area contributed by atoms with Gasteiger partial charge in [-0.3, -0.25) is 4.90 Å². The van der Waals surface area contributed by atoms with E-state index in [0.717, 1.165) is 13.1 Å². The third-order valence-corrected chi connectivity index (χ3v) is 3.81. The van der Waals surface area contributed by atoms with Crippen LogP contribution in [0.15, 0.2) is 0 Å². The van der Waals surface area contributed by atoms with E-state index in [1.165, 1.54) is 52.1 Å². The second-order valence-corrected chi connectivity index (χ2v) is 4.87. The predicted molar refractivity (Wildman–Crippen MR) is 65.8 cm³/mol. The van der Waals surface area contributed by atoms with Crippen molar-refractivity contribution < 1.29 is 4.74 Å². The highest BCUT2D eigenvalue weighted by molar-refractivity contribution is 4.74. The zero-order valence-electron chi connectivity index (χ0n) is 10.5. The molecule has 2 saturated heterocycles. The van der Waals surface area contributed by atoms with Crippen LogP contribution in [-0.4, -0.2) is 75.4 Å². The molecule has 4 heteroatoms. The van der Waals surface area contributed by atoms with Crippen molar-refractivity contribution in [2.45, 2.75) is 18.9 Å². The van der Waals surface area contributed by atoms with Crippen LogP contribution in [0.3, 0.4) is 0 Å². The number of methoxy groups -OCH3 is 1. The highest BCUT2D eigenvalue weighted by atomic mass is 16.5. The van der Waals surface area contributed by atoms with Gasteiger partial charge in [0.1, 0.15) is 0 Å². The molecule has 0 aromatic heterocycles. The molecule has 0 amide bonds. The van der Waals surface area contributed by atoms with E-state index in [2.05, 4.69) is 15.1 Å². The molecule has 0 bridgehead atoms. The third kappa shape index (κ3) is 3.70. The van der Waals surface area contributed by atoms with Gasteiger partial charge >= 0.3 is 0 Å². The molecule has 0 aromatic rings. The quantitative estimate of drug-likeness (QED) is 0.732. The fourth-order valence-electron chi connectivity index (χ4n) is 2.59. The van der Waals surface area contributed by atoms with Gasteiger partial charge in [0.2, 0.25) is 0 Å². The van der Waals surface area contributed by atoms with Gasteiger partial charge in [0.25, 0.3) is 0 Å². The Labute approximate surface area is 98.9 Å².